The highest BCUT2D eigenvalue weighted by Gasteiger charge is 2.18. The van der Waals surface area contributed by atoms with Gasteiger partial charge in [-0.2, -0.15) is 0 Å². The van der Waals surface area contributed by atoms with Gasteiger partial charge >= 0.3 is 5.97 Å². The highest BCUT2D eigenvalue weighted by atomic mass is 16.5. The molecule has 3 N–H and O–H groups in total. The van der Waals surface area contributed by atoms with Crippen LogP contribution in [0, 0.1) is 0 Å². The second-order valence-electron chi connectivity index (χ2n) is 22.5. The molecule has 0 aromatic carbocycles. The van der Waals surface area contributed by atoms with E-state index in [1.807, 2.05) is 6.08 Å². The number of hydrogen-bond donors (Lipinski definition) is 3. The maximum absolute atomic E-state index is 12.5. The standard InChI is InChI=1S/C65H127NO5/c1-3-5-7-9-11-13-15-16-17-18-25-28-31-34-38-41-45-49-53-57-63(68)62(61-67)66-64(69)58-54-50-46-42-39-35-32-29-26-23-21-19-20-22-24-27-30-33-36-40-44-48-52-56-60-71-65(70)59-55-51-47-43-37-14-12-10-8-6-4-2/h53,57,62-63,67-68H,3-52,54-56,58-61H2,1-2H3,(H,66,69)/b57-53+. The van der Waals surface area contributed by atoms with E-state index < -0.39 is 12.1 Å². The predicted molar refractivity (Wildman–Crippen MR) is 310 cm³/mol. The molecule has 0 bridgehead atoms. The molecule has 0 saturated carbocycles. The number of unbranched alkanes of at least 4 members (excludes halogenated alkanes) is 50. The Kier molecular flexibility index (Phi) is 59.9. The Morgan fingerprint density at radius 3 is 0.958 bits per heavy atom. The van der Waals surface area contributed by atoms with Gasteiger partial charge in [0, 0.05) is 12.8 Å². The number of amides is 1. The van der Waals surface area contributed by atoms with E-state index in [1.54, 1.807) is 6.08 Å². The number of allylic oxidation sites excluding steroid dienone is 1. The van der Waals surface area contributed by atoms with E-state index >= 15 is 0 Å². The van der Waals surface area contributed by atoms with Gasteiger partial charge in [-0.25, -0.2) is 0 Å². The van der Waals surface area contributed by atoms with Crippen LogP contribution in [0.15, 0.2) is 12.2 Å². The average Bonchev–Trinajstić information content (AvgIpc) is 3.37. The Bertz CT molecular complexity index is 1060. The van der Waals surface area contributed by atoms with Crippen LogP contribution in [-0.2, 0) is 14.3 Å². The highest BCUT2D eigenvalue weighted by Crippen LogP contribution is 2.18. The molecule has 0 aliphatic carbocycles. The van der Waals surface area contributed by atoms with Gasteiger partial charge in [0.25, 0.3) is 0 Å². The third-order valence-electron chi connectivity index (χ3n) is 15.3. The van der Waals surface area contributed by atoms with Crippen LogP contribution >= 0.6 is 0 Å². The van der Waals surface area contributed by atoms with Crippen molar-refractivity contribution < 1.29 is 24.5 Å². The molecule has 0 rings (SSSR count). The van der Waals surface area contributed by atoms with Crippen molar-refractivity contribution in [3.63, 3.8) is 0 Å². The van der Waals surface area contributed by atoms with Crippen molar-refractivity contribution >= 4 is 11.9 Å². The van der Waals surface area contributed by atoms with Gasteiger partial charge in [-0.3, -0.25) is 9.59 Å². The van der Waals surface area contributed by atoms with Gasteiger partial charge in [0.1, 0.15) is 0 Å². The number of carbonyl (C=O) groups is 2. The monoisotopic (exact) mass is 1000 g/mol. The Balaban J connectivity index is 3.39. The lowest BCUT2D eigenvalue weighted by Crippen LogP contribution is -2.45. The molecule has 0 heterocycles. The summed E-state index contributed by atoms with van der Waals surface area (Å²) in [5.41, 5.74) is 0. The maximum atomic E-state index is 12.5. The van der Waals surface area contributed by atoms with Crippen molar-refractivity contribution in [1.29, 1.82) is 0 Å². The van der Waals surface area contributed by atoms with Gasteiger partial charge in [0.15, 0.2) is 0 Å². The van der Waals surface area contributed by atoms with Gasteiger partial charge in [0.2, 0.25) is 5.91 Å². The minimum Gasteiger partial charge on any atom is -0.466 e. The summed E-state index contributed by atoms with van der Waals surface area (Å²) in [5.74, 6) is -0.0477. The number of hydrogen-bond acceptors (Lipinski definition) is 5. The summed E-state index contributed by atoms with van der Waals surface area (Å²) in [6, 6.07) is -0.626. The molecule has 0 aliphatic heterocycles. The molecular weight excluding hydrogens is 875 g/mol. The molecule has 2 unspecified atom stereocenters. The smallest absolute Gasteiger partial charge is 0.305 e. The molecule has 0 aliphatic rings. The van der Waals surface area contributed by atoms with Crippen molar-refractivity contribution in [3.8, 4) is 0 Å². The van der Waals surface area contributed by atoms with Crippen LogP contribution in [0.4, 0.5) is 0 Å². The third kappa shape index (κ3) is 57.7. The maximum Gasteiger partial charge on any atom is 0.305 e. The van der Waals surface area contributed by atoms with Crippen molar-refractivity contribution in [1.82, 2.24) is 5.32 Å². The Morgan fingerprint density at radius 2 is 0.648 bits per heavy atom. The molecule has 0 aromatic heterocycles. The molecule has 0 radical (unpaired) electrons. The average molecular weight is 1000 g/mol. The molecule has 0 saturated heterocycles. The second-order valence-corrected chi connectivity index (χ2v) is 22.5. The lowest BCUT2D eigenvalue weighted by atomic mass is 10.0. The zero-order chi connectivity index (χ0) is 51.4. The van der Waals surface area contributed by atoms with Crippen molar-refractivity contribution in [2.75, 3.05) is 13.2 Å². The fourth-order valence-corrected chi connectivity index (χ4v) is 10.3. The molecule has 6 nitrogen and oxygen atoms in total. The SMILES string of the molecule is CCCCCCCCCCCCCCCCCCC/C=C/C(O)C(CO)NC(=O)CCCCCCCCCCCCCCCCCCCCCCCCCCOC(=O)CCCCCCCCCCCCC. The fourth-order valence-electron chi connectivity index (χ4n) is 10.3. The Labute approximate surface area is 444 Å². The number of esters is 1. The van der Waals surface area contributed by atoms with Crippen LogP contribution < -0.4 is 5.32 Å². The van der Waals surface area contributed by atoms with E-state index in [1.165, 1.54) is 302 Å². The summed E-state index contributed by atoms with van der Waals surface area (Å²) in [4.78, 5) is 24.5. The summed E-state index contributed by atoms with van der Waals surface area (Å²) < 4.78 is 5.47. The summed E-state index contributed by atoms with van der Waals surface area (Å²) in [6.45, 7) is 4.93. The minimum absolute atomic E-state index is 0.0154. The number of rotatable bonds is 61. The number of ether oxygens (including phenoxy) is 1. The first-order valence-electron chi connectivity index (χ1n) is 32.5. The van der Waals surface area contributed by atoms with Crippen LogP contribution in [0.1, 0.15) is 367 Å². The molecular formula is C65H127NO5. The summed E-state index contributed by atoms with van der Waals surface area (Å²) in [7, 11) is 0. The molecule has 0 fully saturated rings. The molecule has 0 spiro atoms. The zero-order valence-electron chi connectivity index (χ0n) is 48.2. The first-order valence-corrected chi connectivity index (χ1v) is 32.5. The van der Waals surface area contributed by atoms with E-state index in [9.17, 15) is 19.8 Å². The van der Waals surface area contributed by atoms with Crippen LogP contribution in [0.25, 0.3) is 0 Å². The molecule has 422 valence electrons. The fraction of sp³-hybridized carbons (Fsp3) is 0.938. The Morgan fingerprint density at radius 1 is 0.380 bits per heavy atom. The molecule has 71 heavy (non-hydrogen) atoms. The van der Waals surface area contributed by atoms with Gasteiger partial charge in [-0.05, 0) is 32.1 Å². The van der Waals surface area contributed by atoms with Crippen LogP contribution in [0.3, 0.4) is 0 Å². The first-order chi connectivity index (χ1) is 35.0. The second kappa shape index (κ2) is 61.1. The zero-order valence-corrected chi connectivity index (χ0v) is 48.2. The van der Waals surface area contributed by atoms with Crippen molar-refractivity contribution in [2.24, 2.45) is 0 Å². The number of carbonyl (C=O) groups excluding carboxylic acids is 2. The quantitative estimate of drug-likeness (QED) is 0.0320. The number of nitrogens with one attached hydrogen (secondary N) is 1. The van der Waals surface area contributed by atoms with Crippen LogP contribution in [0.5, 0.6) is 0 Å². The first kappa shape index (κ1) is 69.6. The van der Waals surface area contributed by atoms with E-state index in [0.29, 0.717) is 19.4 Å². The molecule has 2 atom stereocenters. The van der Waals surface area contributed by atoms with Gasteiger partial charge in [-0.15, -0.1) is 0 Å². The van der Waals surface area contributed by atoms with E-state index in [-0.39, 0.29) is 18.5 Å². The van der Waals surface area contributed by atoms with Crippen LogP contribution in [-0.4, -0.2) is 47.4 Å². The third-order valence-corrected chi connectivity index (χ3v) is 15.3. The van der Waals surface area contributed by atoms with Gasteiger partial charge in [-0.1, -0.05) is 334 Å². The molecule has 6 heteroatoms. The highest BCUT2D eigenvalue weighted by molar-refractivity contribution is 5.76. The summed E-state index contributed by atoms with van der Waals surface area (Å²) in [5, 5.41) is 23.2. The number of aliphatic hydroxyl groups is 2. The largest absolute Gasteiger partial charge is 0.466 e. The minimum atomic E-state index is -0.843. The van der Waals surface area contributed by atoms with E-state index in [4.69, 9.17) is 4.74 Å². The predicted octanol–water partition coefficient (Wildman–Crippen LogP) is 20.4. The summed E-state index contributed by atoms with van der Waals surface area (Å²) >= 11 is 0. The lowest BCUT2D eigenvalue weighted by molar-refractivity contribution is -0.143. The van der Waals surface area contributed by atoms with Gasteiger partial charge in [0.05, 0.1) is 25.4 Å². The topological polar surface area (TPSA) is 95.9 Å². The van der Waals surface area contributed by atoms with Crippen molar-refractivity contribution in [3.05, 3.63) is 12.2 Å². The molecule has 1 amide bonds. The summed E-state index contributed by atoms with van der Waals surface area (Å²) in [6.07, 6.45) is 74.1. The van der Waals surface area contributed by atoms with Crippen LogP contribution in [0.2, 0.25) is 0 Å². The lowest BCUT2D eigenvalue weighted by Gasteiger charge is -2.20. The number of aliphatic hydroxyl groups excluding tert-OH is 2. The van der Waals surface area contributed by atoms with Gasteiger partial charge < -0.3 is 20.3 Å². The normalized spacial score (nSPS) is 12.6. The van der Waals surface area contributed by atoms with Crippen molar-refractivity contribution in [2.45, 2.75) is 379 Å². The molecule has 0 aromatic rings. The van der Waals surface area contributed by atoms with E-state index in [2.05, 4.69) is 19.2 Å². The Hall–Kier alpha value is -1.40. The van der Waals surface area contributed by atoms with E-state index in [0.717, 1.165) is 38.5 Å².